The fraction of sp³-hybridized carbons (Fsp3) is 0.500. The minimum Gasteiger partial charge on any atom is -0.493 e. The Morgan fingerprint density at radius 1 is 1.19 bits per heavy atom. The van der Waals surface area contributed by atoms with E-state index in [0.717, 1.165) is 11.1 Å². The van der Waals surface area contributed by atoms with Crippen molar-refractivity contribution >= 4 is 0 Å². The quantitative estimate of drug-likeness (QED) is 0.781. The SMILES string of the molecule is COc1ccc(C(C)C)c(CON)c1OC. The van der Waals surface area contributed by atoms with E-state index in [2.05, 4.69) is 13.8 Å². The van der Waals surface area contributed by atoms with Crippen molar-refractivity contribution in [2.24, 2.45) is 5.90 Å². The normalized spacial score (nSPS) is 10.6. The number of ether oxygens (including phenoxy) is 2. The van der Waals surface area contributed by atoms with Crippen LogP contribution in [-0.4, -0.2) is 14.2 Å². The molecule has 0 saturated heterocycles. The lowest BCUT2D eigenvalue weighted by Gasteiger charge is -2.18. The Balaban J connectivity index is 3.31. The molecule has 0 unspecified atom stereocenters. The number of methoxy groups -OCH3 is 2. The maximum atomic E-state index is 5.35. The zero-order valence-electron chi connectivity index (χ0n) is 10.2. The van der Waals surface area contributed by atoms with Gasteiger partial charge in [-0.25, -0.2) is 5.90 Å². The highest BCUT2D eigenvalue weighted by Crippen LogP contribution is 2.36. The molecule has 1 aromatic carbocycles. The predicted octanol–water partition coefficient (Wildman–Crippen LogP) is 2.22. The molecule has 0 atom stereocenters. The third kappa shape index (κ3) is 2.46. The topological polar surface area (TPSA) is 53.7 Å². The lowest BCUT2D eigenvalue weighted by atomic mass is 9.96. The summed E-state index contributed by atoms with van der Waals surface area (Å²) in [6.45, 7) is 4.54. The van der Waals surface area contributed by atoms with E-state index >= 15 is 0 Å². The second-order valence-electron chi connectivity index (χ2n) is 3.83. The van der Waals surface area contributed by atoms with E-state index in [4.69, 9.17) is 20.2 Å². The Morgan fingerprint density at radius 3 is 2.31 bits per heavy atom. The smallest absolute Gasteiger partial charge is 0.166 e. The highest BCUT2D eigenvalue weighted by atomic mass is 16.6. The Kier molecular flexibility index (Phi) is 4.58. The molecule has 0 radical (unpaired) electrons. The van der Waals surface area contributed by atoms with Crippen LogP contribution in [-0.2, 0) is 11.4 Å². The zero-order valence-corrected chi connectivity index (χ0v) is 10.2. The van der Waals surface area contributed by atoms with Crippen molar-refractivity contribution in [3.8, 4) is 11.5 Å². The largest absolute Gasteiger partial charge is 0.493 e. The molecule has 0 saturated carbocycles. The van der Waals surface area contributed by atoms with Gasteiger partial charge in [-0.15, -0.1) is 0 Å². The van der Waals surface area contributed by atoms with E-state index in [1.165, 1.54) is 0 Å². The maximum absolute atomic E-state index is 5.35. The summed E-state index contributed by atoms with van der Waals surface area (Å²) in [5.74, 6) is 6.92. The van der Waals surface area contributed by atoms with Crippen LogP contribution < -0.4 is 15.4 Å². The molecule has 2 N–H and O–H groups in total. The average Bonchev–Trinajstić information content (AvgIpc) is 2.28. The van der Waals surface area contributed by atoms with Crippen LogP contribution in [0.25, 0.3) is 0 Å². The van der Waals surface area contributed by atoms with Gasteiger partial charge in [-0.1, -0.05) is 19.9 Å². The Labute approximate surface area is 96.3 Å². The second kappa shape index (κ2) is 5.72. The first-order valence-electron chi connectivity index (χ1n) is 5.21. The molecule has 0 aromatic heterocycles. The molecule has 0 fully saturated rings. The molecule has 90 valence electrons. The fourth-order valence-electron chi connectivity index (χ4n) is 1.78. The minimum absolute atomic E-state index is 0.313. The van der Waals surface area contributed by atoms with Gasteiger partial charge in [0.25, 0.3) is 0 Å². The van der Waals surface area contributed by atoms with Crippen LogP contribution in [0.1, 0.15) is 30.9 Å². The van der Waals surface area contributed by atoms with Gasteiger partial charge >= 0.3 is 0 Å². The van der Waals surface area contributed by atoms with Crippen LogP contribution in [0.2, 0.25) is 0 Å². The van der Waals surface area contributed by atoms with Crippen LogP contribution in [0.4, 0.5) is 0 Å². The number of hydrogen-bond donors (Lipinski definition) is 1. The van der Waals surface area contributed by atoms with Crippen LogP contribution >= 0.6 is 0 Å². The standard InChI is InChI=1S/C12H19NO3/c1-8(2)9-5-6-11(14-3)12(15-4)10(9)7-16-13/h5-6,8H,7,13H2,1-4H3. The first-order valence-corrected chi connectivity index (χ1v) is 5.21. The van der Waals surface area contributed by atoms with Gasteiger partial charge < -0.3 is 9.47 Å². The number of nitrogens with two attached hydrogens (primary N) is 1. The molecule has 1 aromatic rings. The summed E-state index contributed by atoms with van der Waals surface area (Å²) in [5, 5.41) is 0. The van der Waals surface area contributed by atoms with Crippen LogP contribution in [0, 0.1) is 0 Å². The van der Waals surface area contributed by atoms with Gasteiger partial charge in [-0.3, -0.25) is 4.84 Å². The molecule has 0 heterocycles. The Hall–Kier alpha value is -1.26. The summed E-state index contributed by atoms with van der Waals surface area (Å²) >= 11 is 0. The summed E-state index contributed by atoms with van der Waals surface area (Å²) in [6, 6.07) is 3.91. The lowest BCUT2D eigenvalue weighted by Crippen LogP contribution is -2.07. The minimum atomic E-state index is 0.313. The van der Waals surface area contributed by atoms with E-state index in [1.54, 1.807) is 14.2 Å². The van der Waals surface area contributed by atoms with Crippen molar-refractivity contribution < 1.29 is 14.3 Å². The molecule has 0 amide bonds. The monoisotopic (exact) mass is 225 g/mol. The molecule has 0 aliphatic heterocycles. The summed E-state index contributed by atoms with van der Waals surface area (Å²) < 4.78 is 10.6. The molecule has 0 bridgehead atoms. The first kappa shape index (κ1) is 12.8. The Morgan fingerprint density at radius 2 is 1.88 bits per heavy atom. The molecule has 0 aliphatic rings. The molecular weight excluding hydrogens is 206 g/mol. The molecular formula is C12H19NO3. The van der Waals surface area contributed by atoms with Crippen molar-refractivity contribution in [1.82, 2.24) is 0 Å². The third-order valence-corrected chi connectivity index (χ3v) is 2.53. The van der Waals surface area contributed by atoms with Gasteiger partial charge in [0.1, 0.15) is 0 Å². The molecule has 4 heteroatoms. The van der Waals surface area contributed by atoms with E-state index in [1.807, 2.05) is 12.1 Å². The fourth-order valence-corrected chi connectivity index (χ4v) is 1.78. The average molecular weight is 225 g/mol. The predicted molar refractivity (Wildman–Crippen MR) is 62.6 cm³/mol. The highest BCUT2D eigenvalue weighted by molar-refractivity contribution is 5.51. The van der Waals surface area contributed by atoms with Gasteiger partial charge in [0.05, 0.1) is 20.8 Å². The number of benzene rings is 1. The van der Waals surface area contributed by atoms with E-state index in [9.17, 15) is 0 Å². The van der Waals surface area contributed by atoms with Gasteiger partial charge in [-0.2, -0.15) is 0 Å². The van der Waals surface area contributed by atoms with Gasteiger partial charge in [-0.05, 0) is 17.5 Å². The van der Waals surface area contributed by atoms with Crippen LogP contribution in [0.5, 0.6) is 11.5 Å². The zero-order chi connectivity index (χ0) is 12.1. The van der Waals surface area contributed by atoms with Crippen molar-refractivity contribution in [3.63, 3.8) is 0 Å². The lowest BCUT2D eigenvalue weighted by molar-refractivity contribution is 0.121. The number of rotatable bonds is 5. The van der Waals surface area contributed by atoms with Crippen molar-refractivity contribution in [1.29, 1.82) is 0 Å². The van der Waals surface area contributed by atoms with Crippen LogP contribution in [0.15, 0.2) is 12.1 Å². The second-order valence-corrected chi connectivity index (χ2v) is 3.83. The highest BCUT2D eigenvalue weighted by Gasteiger charge is 2.16. The summed E-state index contributed by atoms with van der Waals surface area (Å²) in [5.41, 5.74) is 2.10. The number of hydrogen-bond acceptors (Lipinski definition) is 4. The van der Waals surface area contributed by atoms with Crippen LogP contribution in [0.3, 0.4) is 0 Å². The van der Waals surface area contributed by atoms with E-state index < -0.39 is 0 Å². The summed E-state index contributed by atoms with van der Waals surface area (Å²) in [7, 11) is 3.22. The first-order chi connectivity index (χ1) is 7.65. The van der Waals surface area contributed by atoms with Gasteiger partial charge in [0.15, 0.2) is 11.5 Å². The molecule has 0 spiro atoms. The van der Waals surface area contributed by atoms with E-state index in [-0.39, 0.29) is 0 Å². The maximum Gasteiger partial charge on any atom is 0.166 e. The molecule has 16 heavy (non-hydrogen) atoms. The third-order valence-electron chi connectivity index (χ3n) is 2.53. The van der Waals surface area contributed by atoms with Gasteiger partial charge in [0.2, 0.25) is 0 Å². The van der Waals surface area contributed by atoms with Gasteiger partial charge in [0, 0.05) is 5.56 Å². The Bertz CT molecular complexity index is 350. The molecule has 0 aliphatic carbocycles. The van der Waals surface area contributed by atoms with Crippen molar-refractivity contribution in [2.75, 3.05) is 14.2 Å². The summed E-state index contributed by atoms with van der Waals surface area (Å²) in [4.78, 5) is 4.73. The summed E-state index contributed by atoms with van der Waals surface area (Å²) in [6.07, 6.45) is 0. The molecule has 1 rings (SSSR count). The molecule has 4 nitrogen and oxygen atoms in total. The van der Waals surface area contributed by atoms with Crippen molar-refractivity contribution in [2.45, 2.75) is 26.4 Å². The van der Waals surface area contributed by atoms with E-state index in [0.29, 0.717) is 24.0 Å². The van der Waals surface area contributed by atoms with Crippen molar-refractivity contribution in [3.05, 3.63) is 23.3 Å².